The Morgan fingerprint density at radius 1 is 1.18 bits per heavy atom. The number of imidazole rings is 1. The van der Waals surface area contributed by atoms with Crippen molar-refractivity contribution < 1.29 is 18.7 Å². The number of carboxylic acid groups (broad SMARTS) is 1. The summed E-state index contributed by atoms with van der Waals surface area (Å²) >= 11 is 0. The molecule has 0 aromatic carbocycles. The van der Waals surface area contributed by atoms with E-state index in [-0.39, 0.29) is 29.3 Å². The molecule has 0 amide bonds. The molecule has 3 N–H and O–H groups in total. The first-order valence-electron chi connectivity index (χ1n) is 11.2. The molecule has 0 aliphatic heterocycles. The molecule has 3 aliphatic rings. The highest BCUT2D eigenvalue weighted by molar-refractivity contribution is 5.91. The van der Waals surface area contributed by atoms with Crippen LogP contribution in [0.5, 0.6) is 0 Å². The van der Waals surface area contributed by atoms with Crippen molar-refractivity contribution in [3.05, 3.63) is 48.8 Å². The number of carboxylic acids is 1. The van der Waals surface area contributed by atoms with Gasteiger partial charge in [-0.05, 0) is 43.6 Å². The predicted molar refractivity (Wildman–Crippen MR) is 118 cm³/mol. The molecule has 9 nitrogen and oxygen atoms in total. The van der Waals surface area contributed by atoms with Gasteiger partial charge in [0.1, 0.15) is 17.8 Å². The maximum Gasteiger partial charge on any atom is 0.308 e. The van der Waals surface area contributed by atoms with Crippen molar-refractivity contribution in [3.63, 3.8) is 0 Å². The van der Waals surface area contributed by atoms with Crippen molar-refractivity contribution in [1.29, 1.82) is 0 Å². The summed E-state index contributed by atoms with van der Waals surface area (Å²) in [5, 5.41) is 13.5. The van der Waals surface area contributed by atoms with Crippen molar-refractivity contribution in [2.45, 2.75) is 31.7 Å². The van der Waals surface area contributed by atoms with Gasteiger partial charge in [0, 0.05) is 35.6 Å². The number of nitrogens with one attached hydrogen (secondary N) is 2. The van der Waals surface area contributed by atoms with Crippen molar-refractivity contribution in [2.24, 2.45) is 17.8 Å². The molecule has 2 bridgehead atoms. The molecular formula is C23H21F2N7O2. The number of aliphatic carboxylic acids is 1. The van der Waals surface area contributed by atoms with Crippen LogP contribution < -0.4 is 5.32 Å². The lowest BCUT2D eigenvalue weighted by atomic mass is 9.61. The number of aromatic nitrogens is 6. The molecule has 3 fully saturated rings. The molecule has 11 heteroatoms. The molecule has 0 unspecified atom stereocenters. The largest absolute Gasteiger partial charge is 0.481 e. The first-order chi connectivity index (χ1) is 16.5. The zero-order chi connectivity index (χ0) is 23.4. The smallest absolute Gasteiger partial charge is 0.308 e. The number of carbonyl (C=O) groups is 1. The predicted octanol–water partition coefficient (Wildman–Crippen LogP) is 3.79. The highest BCUT2D eigenvalue weighted by Crippen LogP contribution is 2.46. The number of nitrogens with zero attached hydrogens (tertiary/aromatic N) is 5. The number of anilines is 1. The van der Waals surface area contributed by atoms with E-state index in [1.807, 2.05) is 0 Å². The second kappa shape index (κ2) is 7.86. The standard InChI is InChI=1S/C23H21F2N7O2/c24-13-7-14-15(9-28-19(14)27-8-13)20-30-21(17(25)22(31-20)32-6-5-26-10-32)29-18-12-3-1-11(2-4-12)16(18)23(33)34/h5-12,16,18H,1-4H2,(H,27,28)(H,33,34)(H,29,30,31)/t11?,12?,16-,18-/m0/s1. The molecule has 3 aliphatic carbocycles. The lowest BCUT2D eigenvalue weighted by Gasteiger charge is -2.47. The van der Waals surface area contributed by atoms with Crippen LogP contribution in [0.4, 0.5) is 14.6 Å². The number of hydrogen-bond acceptors (Lipinski definition) is 6. The van der Waals surface area contributed by atoms with Crippen LogP contribution >= 0.6 is 0 Å². The van der Waals surface area contributed by atoms with Gasteiger partial charge in [0.15, 0.2) is 17.5 Å². The van der Waals surface area contributed by atoms with E-state index in [0.29, 0.717) is 16.6 Å². The van der Waals surface area contributed by atoms with E-state index in [2.05, 4.69) is 30.2 Å². The van der Waals surface area contributed by atoms with Gasteiger partial charge in [-0.1, -0.05) is 0 Å². The Hall–Kier alpha value is -3.89. The molecule has 34 heavy (non-hydrogen) atoms. The summed E-state index contributed by atoms with van der Waals surface area (Å²) in [7, 11) is 0. The first kappa shape index (κ1) is 20.7. The third kappa shape index (κ3) is 3.30. The van der Waals surface area contributed by atoms with E-state index in [4.69, 9.17) is 0 Å². The van der Waals surface area contributed by atoms with Crippen LogP contribution in [0.25, 0.3) is 28.2 Å². The number of pyridine rings is 1. The third-order valence-corrected chi connectivity index (χ3v) is 7.13. The van der Waals surface area contributed by atoms with Gasteiger partial charge in [-0.2, -0.15) is 4.39 Å². The highest BCUT2D eigenvalue weighted by Gasteiger charge is 2.47. The van der Waals surface area contributed by atoms with Crippen molar-refractivity contribution in [3.8, 4) is 17.2 Å². The molecule has 0 spiro atoms. The van der Waals surface area contributed by atoms with Crippen molar-refractivity contribution >= 4 is 22.8 Å². The van der Waals surface area contributed by atoms with Gasteiger partial charge in [-0.3, -0.25) is 9.36 Å². The van der Waals surface area contributed by atoms with Crippen LogP contribution in [0.3, 0.4) is 0 Å². The Labute approximate surface area is 192 Å². The van der Waals surface area contributed by atoms with Gasteiger partial charge in [0.2, 0.25) is 5.82 Å². The average molecular weight is 465 g/mol. The summed E-state index contributed by atoms with van der Waals surface area (Å²) in [6, 6.07) is 0.866. The van der Waals surface area contributed by atoms with Crippen LogP contribution in [0.2, 0.25) is 0 Å². The maximum absolute atomic E-state index is 15.7. The van der Waals surface area contributed by atoms with Crippen molar-refractivity contribution in [2.75, 3.05) is 5.32 Å². The van der Waals surface area contributed by atoms with Gasteiger partial charge in [-0.15, -0.1) is 0 Å². The van der Waals surface area contributed by atoms with Gasteiger partial charge >= 0.3 is 5.97 Å². The molecule has 4 aromatic rings. The van der Waals surface area contributed by atoms with E-state index < -0.39 is 29.6 Å². The Bertz CT molecular complexity index is 1380. The fourth-order valence-electron chi connectivity index (χ4n) is 5.54. The zero-order valence-electron chi connectivity index (χ0n) is 17.9. The highest BCUT2D eigenvalue weighted by atomic mass is 19.1. The molecule has 2 atom stereocenters. The number of halogens is 2. The number of H-pyrrole nitrogens is 1. The second-order valence-electron chi connectivity index (χ2n) is 8.96. The van der Waals surface area contributed by atoms with E-state index in [9.17, 15) is 14.3 Å². The number of rotatable bonds is 5. The van der Waals surface area contributed by atoms with Gasteiger partial charge in [0.05, 0.1) is 12.1 Å². The number of aromatic amines is 1. The summed E-state index contributed by atoms with van der Waals surface area (Å²) in [5.41, 5.74) is 0.893. The quantitative estimate of drug-likeness (QED) is 0.410. The fourth-order valence-corrected chi connectivity index (χ4v) is 5.54. The molecule has 4 heterocycles. The Kier molecular flexibility index (Phi) is 4.78. The second-order valence-corrected chi connectivity index (χ2v) is 8.96. The third-order valence-electron chi connectivity index (χ3n) is 7.13. The first-order valence-corrected chi connectivity index (χ1v) is 11.2. The lowest BCUT2D eigenvalue weighted by molar-refractivity contribution is -0.148. The van der Waals surface area contributed by atoms with Gasteiger partial charge in [0.25, 0.3) is 0 Å². The van der Waals surface area contributed by atoms with Crippen LogP contribution in [0.15, 0.2) is 37.2 Å². The molecule has 4 aromatic heterocycles. The Balaban J connectivity index is 1.49. The van der Waals surface area contributed by atoms with Crippen LogP contribution in [0.1, 0.15) is 25.7 Å². The van der Waals surface area contributed by atoms with Crippen molar-refractivity contribution in [1.82, 2.24) is 29.5 Å². The average Bonchev–Trinajstić information content (AvgIpc) is 3.51. The van der Waals surface area contributed by atoms with E-state index in [1.54, 1.807) is 12.4 Å². The monoisotopic (exact) mass is 465 g/mol. The van der Waals surface area contributed by atoms with E-state index in [1.165, 1.54) is 23.2 Å². The molecule has 0 saturated heterocycles. The van der Waals surface area contributed by atoms with Crippen LogP contribution in [-0.4, -0.2) is 46.6 Å². The fraction of sp³-hybridized carbons (Fsp3) is 0.348. The molecular weight excluding hydrogens is 444 g/mol. The summed E-state index contributed by atoms with van der Waals surface area (Å²) in [6.07, 6.45) is 10.7. The van der Waals surface area contributed by atoms with E-state index in [0.717, 1.165) is 31.9 Å². The summed E-state index contributed by atoms with van der Waals surface area (Å²) in [5.74, 6) is -2.54. The minimum absolute atomic E-state index is 0.0449. The van der Waals surface area contributed by atoms with Crippen LogP contribution in [0, 0.1) is 29.4 Å². The van der Waals surface area contributed by atoms with Crippen LogP contribution in [-0.2, 0) is 4.79 Å². The normalized spacial score (nSPS) is 23.9. The SMILES string of the molecule is O=C(O)[C@H]1C2CCC(CC2)[C@@H]1Nc1nc(-c2c[nH]c3ncc(F)cc23)nc(-n2ccnc2)c1F. The lowest BCUT2D eigenvalue weighted by Crippen LogP contribution is -2.51. The maximum atomic E-state index is 15.7. The molecule has 7 rings (SSSR count). The molecule has 3 saturated carbocycles. The summed E-state index contributed by atoms with van der Waals surface area (Å²) in [6.45, 7) is 0. The van der Waals surface area contributed by atoms with Gasteiger partial charge < -0.3 is 15.4 Å². The topological polar surface area (TPSA) is 122 Å². The minimum atomic E-state index is -0.880. The number of fused-ring (bicyclic) bond motifs is 4. The molecule has 0 radical (unpaired) electrons. The summed E-state index contributed by atoms with van der Waals surface area (Å²) in [4.78, 5) is 31.9. The van der Waals surface area contributed by atoms with Gasteiger partial charge in [-0.25, -0.2) is 24.3 Å². The molecule has 174 valence electrons. The summed E-state index contributed by atoms with van der Waals surface area (Å²) < 4.78 is 31.0. The van der Waals surface area contributed by atoms with E-state index >= 15 is 4.39 Å². The zero-order valence-corrected chi connectivity index (χ0v) is 17.9. The minimum Gasteiger partial charge on any atom is -0.481 e. The Morgan fingerprint density at radius 3 is 2.71 bits per heavy atom. The number of hydrogen-bond donors (Lipinski definition) is 3. The Morgan fingerprint density at radius 2 is 1.97 bits per heavy atom.